The predicted octanol–water partition coefficient (Wildman–Crippen LogP) is 2.33. The van der Waals surface area contributed by atoms with Gasteiger partial charge in [0, 0.05) is 17.3 Å². The van der Waals surface area contributed by atoms with E-state index in [0.29, 0.717) is 12.8 Å². The van der Waals surface area contributed by atoms with Crippen molar-refractivity contribution < 1.29 is 12.8 Å². The fraction of sp³-hybridized carbons (Fsp3) is 0.357. The molecule has 2 heterocycles. The second kappa shape index (κ2) is 5.28. The molecule has 0 amide bonds. The maximum atomic E-state index is 11.4. The van der Waals surface area contributed by atoms with Crippen LogP contribution in [0.3, 0.4) is 0 Å². The quantitative estimate of drug-likeness (QED) is 0.940. The Morgan fingerprint density at radius 1 is 1.15 bits per heavy atom. The number of aromatic nitrogens is 1. The summed E-state index contributed by atoms with van der Waals surface area (Å²) >= 11 is 0. The minimum absolute atomic E-state index is 0.231. The van der Waals surface area contributed by atoms with Crippen molar-refractivity contribution in [3.8, 4) is 11.3 Å². The van der Waals surface area contributed by atoms with Crippen molar-refractivity contribution in [3.63, 3.8) is 0 Å². The summed E-state index contributed by atoms with van der Waals surface area (Å²) < 4.78 is 28.0. The van der Waals surface area contributed by atoms with Gasteiger partial charge in [0.2, 0.25) is 0 Å². The van der Waals surface area contributed by atoms with Crippen LogP contribution in [-0.4, -0.2) is 30.9 Å². The van der Waals surface area contributed by atoms with Gasteiger partial charge in [0.1, 0.15) is 9.84 Å². The fourth-order valence-corrected chi connectivity index (χ4v) is 3.85. The highest BCUT2D eigenvalue weighted by Gasteiger charge is 2.23. The highest BCUT2D eigenvalue weighted by Crippen LogP contribution is 2.22. The van der Waals surface area contributed by atoms with E-state index >= 15 is 0 Å². The van der Waals surface area contributed by atoms with Crippen molar-refractivity contribution in [2.75, 3.05) is 16.8 Å². The molecule has 0 bridgehead atoms. The summed E-state index contributed by atoms with van der Waals surface area (Å²) in [6.45, 7) is 0. The van der Waals surface area contributed by atoms with Crippen LogP contribution in [0.4, 0.5) is 5.69 Å². The minimum Gasteiger partial charge on any atom is -0.444 e. The van der Waals surface area contributed by atoms with Crippen LogP contribution in [0.2, 0.25) is 0 Å². The van der Waals surface area contributed by atoms with Gasteiger partial charge in [0.05, 0.1) is 17.7 Å². The summed E-state index contributed by atoms with van der Waals surface area (Å²) in [5, 5.41) is 3.38. The molecule has 20 heavy (non-hydrogen) atoms. The Kier molecular flexibility index (Phi) is 3.48. The Morgan fingerprint density at radius 2 is 1.85 bits per heavy atom. The first-order valence-electron chi connectivity index (χ1n) is 6.58. The largest absolute Gasteiger partial charge is 0.444 e. The maximum absolute atomic E-state index is 11.4. The van der Waals surface area contributed by atoms with Crippen molar-refractivity contribution in [1.82, 2.24) is 4.98 Å². The van der Waals surface area contributed by atoms with Crippen LogP contribution < -0.4 is 5.32 Å². The molecule has 0 radical (unpaired) electrons. The molecule has 1 aromatic carbocycles. The Bertz CT molecular complexity index is 649. The third kappa shape index (κ3) is 3.01. The Morgan fingerprint density at radius 3 is 2.45 bits per heavy atom. The molecule has 0 unspecified atom stereocenters. The van der Waals surface area contributed by atoms with Gasteiger partial charge in [-0.3, -0.25) is 0 Å². The van der Waals surface area contributed by atoms with Crippen molar-refractivity contribution in [3.05, 3.63) is 36.9 Å². The average molecular weight is 292 g/mol. The third-order valence-electron chi connectivity index (χ3n) is 3.53. The zero-order valence-corrected chi connectivity index (χ0v) is 11.8. The third-order valence-corrected chi connectivity index (χ3v) is 5.24. The number of oxazole rings is 1. The lowest BCUT2D eigenvalue weighted by atomic mass is 10.1. The molecule has 1 aromatic heterocycles. The lowest BCUT2D eigenvalue weighted by molar-refractivity contribution is 0.559. The van der Waals surface area contributed by atoms with Crippen LogP contribution in [-0.2, 0) is 9.84 Å². The van der Waals surface area contributed by atoms with Crippen molar-refractivity contribution in [1.29, 1.82) is 0 Å². The summed E-state index contributed by atoms with van der Waals surface area (Å²) in [5.41, 5.74) is 1.97. The molecular formula is C14H16N2O3S. The number of rotatable bonds is 3. The van der Waals surface area contributed by atoms with Crippen LogP contribution in [0.15, 0.2) is 41.3 Å². The molecule has 1 aliphatic heterocycles. The van der Waals surface area contributed by atoms with Gasteiger partial charge in [0.15, 0.2) is 12.2 Å². The Balaban J connectivity index is 1.64. The standard InChI is InChI=1S/C14H16N2O3S/c17-20(18)7-5-13(6-8-20)16-12-3-1-11(2-4-12)14-9-15-10-19-14/h1-4,9-10,13,16H,5-8H2. The van der Waals surface area contributed by atoms with E-state index in [9.17, 15) is 8.42 Å². The number of nitrogens with one attached hydrogen (secondary N) is 1. The van der Waals surface area contributed by atoms with Gasteiger partial charge in [-0.05, 0) is 37.1 Å². The minimum atomic E-state index is -2.80. The molecule has 106 valence electrons. The topological polar surface area (TPSA) is 72.2 Å². The van der Waals surface area contributed by atoms with E-state index in [0.717, 1.165) is 17.0 Å². The van der Waals surface area contributed by atoms with Crippen LogP contribution in [0.1, 0.15) is 12.8 Å². The van der Waals surface area contributed by atoms with E-state index in [1.165, 1.54) is 6.39 Å². The van der Waals surface area contributed by atoms with Crippen molar-refractivity contribution in [2.24, 2.45) is 0 Å². The van der Waals surface area contributed by atoms with Crippen LogP contribution in [0, 0.1) is 0 Å². The van der Waals surface area contributed by atoms with Crippen LogP contribution >= 0.6 is 0 Å². The van der Waals surface area contributed by atoms with E-state index in [4.69, 9.17) is 4.42 Å². The molecule has 1 fully saturated rings. The SMILES string of the molecule is O=S1(=O)CCC(Nc2ccc(-c3cnco3)cc2)CC1. The van der Waals surface area contributed by atoms with Crippen LogP contribution in [0.25, 0.3) is 11.3 Å². The number of benzene rings is 1. The monoisotopic (exact) mass is 292 g/mol. The second-order valence-corrected chi connectivity index (χ2v) is 7.32. The average Bonchev–Trinajstić information content (AvgIpc) is 2.96. The lowest BCUT2D eigenvalue weighted by Gasteiger charge is -2.24. The van der Waals surface area contributed by atoms with Crippen molar-refractivity contribution >= 4 is 15.5 Å². The molecule has 2 aromatic rings. The molecule has 0 aliphatic carbocycles. The molecule has 3 rings (SSSR count). The van der Waals surface area contributed by atoms with Gasteiger partial charge >= 0.3 is 0 Å². The molecule has 0 atom stereocenters. The molecule has 1 N–H and O–H groups in total. The molecule has 5 nitrogen and oxygen atoms in total. The number of anilines is 1. The molecule has 1 aliphatic rings. The number of sulfone groups is 1. The zero-order valence-electron chi connectivity index (χ0n) is 11.0. The van der Waals surface area contributed by atoms with E-state index in [1.807, 2.05) is 24.3 Å². The number of hydrogen-bond donors (Lipinski definition) is 1. The van der Waals surface area contributed by atoms with E-state index < -0.39 is 9.84 Å². The van der Waals surface area contributed by atoms with E-state index in [2.05, 4.69) is 10.3 Å². The normalized spacial score (nSPS) is 18.8. The highest BCUT2D eigenvalue weighted by molar-refractivity contribution is 7.91. The van der Waals surface area contributed by atoms with E-state index in [1.54, 1.807) is 6.20 Å². The fourth-order valence-electron chi connectivity index (χ4n) is 2.36. The molecule has 0 spiro atoms. The summed E-state index contributed by atoms with van der Waals surface area (Å²) in [5.74, 6) is 1.29. The lowest BCUT2D eigenvalue weighted by Crippen LogP contribution is -2.32. The van der Waals surface area contributed by atoms with Gasteiger partial charge in [-0.25, -0.2) is 13.4 Å². The highest BCUT2D eigenvalue weighted by atomic mass is 32.2. The van der Waals surface area contributed by atoms with Crippen molar-refractivity contribution in [2.45, 2.75) is 18.9 Å². The number of hydrogen-bond acceptors (Lipinski definition) is 5. The van der Waals surface area contributed by atoms with Gasteiger partial charge in [-0.15, -0.1) is 0 Å². The Hall–Kier alpha value is -1.82. The van der Waals surface area contributed by atoms with Gasteiger partial charge in [-0.2, -0.15) is 0 Å². The molecule has 1 saturated heterocycles. The predicted molar refractivity (Wildman–Crippen MR) is 77.2 cm³/mol. The second-order valence-electron chi connectivity index (χ2n) is 5.01. The smallest absolute Gasteiger partial charge is 0.181 e. The first kappa shape index (κ1) is 13.2. The molecule has 6 heteroatoms. The summed E-state index contributed by atoms with van der Waals surface area (Å²) in [4.78, 5) is 3.89. The summed E-state index contributed by atoms with van der Waals surface area (Å²) in [6.07, 6.45) is 4.43. The molecular weight excluding hydrogens is 276 g/mol. The maximum Gasteiger partial charge on any atom is 0.181 e. The molecule has 0 saturated carbocycles. The van der Waals surface area contributed by atoms with Gasteiger partial charge < -0.3 is 9.73 Å². The number of nitrogens with zero attached hydrogens (tertiary/aromatic N) is 1. The first-order valence-corrected chi connectivity index (χ1v) is 8.40. The van der Waals surface area contributed by atoms with Crippen LogP contribution in [0.5, 0.6) is 0 Å². The van der Waals surface area contributed by atoms with Gasteiger partial charge in [0.25, 0.3) is 0 Å². The summed E-state index contributed by atoms with van der Waals surface area (Å²) in [6, 6.07) is 8.10. The summed E-state index contributed by atoms with van der Waals surface area (Å²) in [7, 11) is -2.80. The van der Waals surface area contributed by atoms with E-state index in [-0.39, 0.29) is 17.5 Å². The first-order chi connectivity index (χ1) is 9.62. The van der Waals surface area contributed by atoms with Gasteiger partial charge in [-0.1, -0.05) is 0 Å². The zero-order chi connectivity index (χ0) is 14.0. The Labute approximate surface area is 117 Å².